The molecule has 0 aliphatic rings. The van der Waals surface area contributed by atoms with Crippen molar-refractivity contribution in [3.63, 3.8) is 0 Å². The molecule has 0 N–H and O–H groups in total. The van der Waals surface area contributed by atoms with E-state index in [1.807, 2.05) is 39.0 Å². The summed E-state index contributed by atoms with van der Waals surface area (Å²) in [5, 5.41) is 0. The highest BCUT2D eigenvalue weighted by Crippen LogP contribution is 2.26. The zero-order chi connectivity index (χ0) is 13.5. The van der Waals surface area contributed by atoms with Crippen LogP contribution < -0.4 is 9.47 Å². The maximum absolute atomic E-state index is 11.8. The average Bonchev–Trinajstić information content (AvgIpc) is 2.39. The van der Waals surface area contributed by atoms with Crippen LogP contribution in [-0.4, -0.2) is 13.1 Å². The Labute approximate surface area is 108 Å². The van der Waals surface area contributed by atoms with Gasteiger partial charge in [-0.05, 0) is 31.5 Å². The van der Waals surface area contributed by atoms with Gasteiger partial charge in [-0.25, -0.2) is 0 Å². The summed E-state index contributed by atoms with van der Waals surface area (Å²) in [6.45, 7) is 5.74. The number of rotatable bonds is 5. The lowest BCUT2D eigenvalue weighted by molar-refractivity contribution is -0.138. The third kappa shape index (κ3) is 3.62. The lowest BCUT2D eigenvalue weighted by atomic mass is 10.1. The molecular formula is C15H20O3. The van der Waals surface area contributed by atoms with Crippen LogP contribution in [0.15, 0.2) is 24.3 Å². The van der Waals surface area contributed by atoms with Crippen molar-refractivity contribution in [3.8, 4) is 11.5 Å². The second-order valence-electron chi connectivity index (χ2n) is 4.13. The van der Waals surface area contributed by atoms with Gasteiger partial charge in [-0.15, -0.1) is 0 Å². The molecule has 98 valence electrons. The van der Waals surface area contributed by atoms with Crippen LogP contribution in [-0.2, 0) is 4.79 Å². The molecule has 3 nitrogen and oxygen atoms in total. The first-order valence-electron chi connectivity index (χ1n) is 6.14. The van der Waals surface area contributed by atoms with Gasteiger partial charge in [0, 0.05) is 5.56 Å². The van der Waals surface area contributed by atoms with Crippen molar-refractivity contribution in [2.75, 3.05) is 7.11 Å². The summed E-state index contributed by atoms with van der Waals surface area (Å²) in [5.41, 5.74) is 0.841. The molecule has 0 saturated carbocycles. The van der Waals surface area contributed by atoms with Gasteiger partial charge in [-0.3, -0.25) is 4.79 Å². The molecule has 18 heavy (non-hydrogen) atoms. The van der Waals surface area contributed by atoms with Gasteiger partial charge in [-0.2, -0.15) is 0 Å². The molecule has 0 spiro atoms. The molecule has 1 rings (SSSR count). The number of benzene rings is 1. The minimum Gasteiger partial charge on any atom is -0.497 e. The van der Waals surface area contributed by atoms with E-state index in [1.54, 1.807) is 19.2 Å². The standard InChI is InChI=1S/C15H20O3/c1-5-7-12-10-13(17-4)8-9-14(12)18-15(16)11(3)6-2/h5,7-11H,6H2,1-4H3/b7-5+/t11-/m1/s1. The third-order valence-corrected chi connectivity index (χ3v) is 2.79. The van der Waals surface area contributed by atoms with Crippen molar-refractivity contribution in [1.29, 1.82) is 0 Å². The highest BCUT2D eigenvalue weighted by Gasteiger charge is 2.14. The molecule has 1 aromatic carbocycles. The molecule has 0 aromatic heterocycles. The van der Waals surface area contributed by atoms with Gasteiger partial charge in [0.05, 0.1) is 13.0 Å². The fourth-order valence-electron chi connectivity index (χ4n) is 1.43. The van der Waals surface area contributed by atoms with Crippen LogP contribution in [0.1, 0.15) is 32.8 Å². The molecule has 0 saturated heterocycles. The molecule has 0 heterocycles. The Morgan fingerprint density at radius 1 is 1.44 bits per heavy atom. The molecule has 0 aliphatic carbocycles. The van der Waals surface area contributed by atoms with Gasteiger partial charge in [0.25, 0.3) is 0 Å². The highest BCUT2D eigenvalue weighted by molar-refractivity contribution is 5.76. The topological polar surface area (TPSA) is 35.5 Å². The molecule has 0 radical (unpaired) electrons. The van der Waals surface area contributed by atoms with Gasteiger partial charge in [0.2, 0.25) is 0 Å². The van der Waals surface area contributed by atoms with Gasteiger partial charge < -0.3 is 9.47 Å². The first kappa shape index (κ1) is 14.3. The SMILES string of the molecule is C/C=C/c1cc(OC)ccc1OC(=O)[C@H](C)CC. The first-order chi connectivity index (χ1) is 8.62. The van der Waals surface area contributed by atoms with Crippen molar-refractivity contribution in [1.82, 2.24) is 0 Å². The van der Waals surface area contributed by atoms with Crippen LogP contribution in [0, 0.1) is 5.92 Å². The van der Waals surface area contributed by atoms with E-state index < -0.39 is 0 Å². The van der Waals surface area contributed by atoms with E-state index in [0.717, 1.165) is 17.7 Å². The maximum Gasteiger partial charge on any atom is 0.314 e. The first-order valence-corrected chi connectivity index (χ1v) is 6.14. The number of carbonyl (C=O) groups is 1. The summed E-state index contributed by atoms with van der Waals surface area (Å²) in [7, 11) is 1.61. The molecular weight excluding hydrogens is 228 g/mol. The number of allylic oxidation sites excluding steroid dienone is 1. The van der Waals surface area contributed by atoms with E-state index in [0.29, 0.717) is 5.75 Å². The van der Waals surface area contributed by atoms with E-state index in [4.69, 9.17) is 9.47 Å². The predicted molar refractivity (Wildman–Crippen MR) is 72.8 cm³/mol. The molecule has 0 unspecified atom stereocenters. The normalized spacial score (nSPS) is 12.4. The second kappa shape index (κ2) is 6.84. The van der Waals surface area contributed by atoms with E-state index in [1.165, 1.54) is 0 Å². The van der Waals surface area contributed by atoms with Crippen LogP contribution in [0.5, 0.6) is 11.5 Å². The number of methoxy groups -OCH3 is 1. The Bertz CT molecular complexity index is 435. The van der Waals surface area contributed by atoms with Gasteiger partial charge in [-0.1, -0.05) is 26.0 Å². The lowest BCUT2D eigenvalue weighted by Crippen LogP contribution is -2.17. The summed E-state index contributed by atoms with van der Waals surface area (Å²) >= 11 is 0. The zero-order valence-corrected chi connectivity index (χ0v) is 11.4. The fraction of sp³-hybridized carbons (Fsp3) is 0.400. The minimum absolute atomic E-state index is 0.0921. The summed E-state index contributed by atoms with van der Waals surface area (Å²) in [5.74, 6) is 1.02. The van der Waals surface area contributed by atoms with Crippen LogP contribution in [0.4, 0.5) is 0 Å². The fourth-order valence-corrected chi connectivity index (χ4v) is 1.43. The lowest BCUT2D eigenvalue weighted by Gasteiger charge is -2.12. The molecule has 1 atom stereocenters. The van der Waals surface area contributed by atoms with Crippen LogP contribution >= 0.6 is 0 Å². The largest absolute Gasteiger partial charge is 0.497 e. The monoisotopic (exact) mass is 248 g/mol. The second-order valence-corrected chi connectivity index (χ2v) is 4.13. The van der Waals surface area contributed by atoms with E-state index >= 15 is 0 Å². The molecule has 0 fully saturated rings. The maximum atomic E-state index is 11.8. The van der Waals surface area contributed by atoms with Crippen molar-refractivity contribution in [2.45, 2.75) is 27.2 Å². The Kier molecular flexibility index (Phi) is 5.43. The Morgan fingerprint density at radius 2 is 2.17 bits per heavy atom. The number of esters is 1. The van der Waals surface area contributed by atoms with Crippen molar-refractivity contribution in [2.24, 2.45) is 5.92 Å². The third-order valence-electron chi connectivity index (χ3n) is 2.79. The molecule has 0 amide bonds. The number of carbonyl (C=O) groups excluding carboxylic acids is 1. The minimum atomic E-state index is -0.201. The zero-order valence-electron chi connectivity index (χ0n) is 11.4. The Balaban J connectivity index is 2.97. The van der Waals surface area contributed by atoms with E-state index in [9.17, 15) is 4.79 Å². The summed E-state index contributed by atoms with van der Waals surface area (Å²) in [6, 6.07) is 5.39. The highest BCUT2D eigenvalue weighted by atomic mass is 16.5. The predicted octanol–water partition coefficient (Wildman–Crippen LogP) is 3.68. The number of ether oxygens (including phenoxy) is 2. The Hall–Kier alpha value is -1.77. The van der Waals surface area contributed by atoms with Crippen LogP contribution in [0.25, 0.3) is 6.08 Å². The van der Waals surface area contributed by atoms with Crippen molar-refractivity contribution >= 4 is 12.0 Å². The quantitative estimate of drug-likeness (QED) is 0.589. The molecule has 3 heteroatoms. The molecule has 0 bridgehead atoms. The van der Waals surface area contributed by atoms with E-state index in [2.05, 4.69) is 0 Å². The van der Waals surface area contributed by atoms with Gasteiger partial charge >= 0.3 is 5.97 Å². The summed E-state index contributed by atoms with van der Waals surface area (Å²) < 4.78 is 10.6. The number of hydrogen-bond acceptors (Lipinski definition) is 3. The Morgan fingerprint density at radius 3 is 2.72 bits per heavy atom. The van der Waals surface area contributed by atoms with E-state index in [-0.39, 0.29) is 11.9 Å². The van der Waals surface area contributed by atoms with Crippen molar-refractivity contribution < 1.29 is 14.3 Å². The summed E-state index contributed by atoms with van der Waals surface area (Å²) in [4.78, 5) is 11.8. The van der Waals surface area contributed by atoms with Gasteiger partial charge in [0.15, 0.2) is 0 Å². The van der Waals surface area contributed by atoms with Crippen LogP contribution in [0.3, 0.4) is 0 Å². The van der Waals surface area contributed by atoms with Crippen LogP contribution in [0.2, 0.25) is 0 Å². The van der Waals surface area contributed by atoms with Crippen molar-refractivity contribution in [3.05, 3.63) is 29.8 Å². The average molecular weight is 248 g/mol. The molecule has 1 aromatic rings. The molecule has 0 aliphatic heterocycles. The smallest absolute Gasteiger partial charge is 0.314 e. The number of hydrogen-bond donors (Lipinski definition) is 0. The van der Waals surface area contributed by atoms with Gasteiger partial charge in [0.1, 0.15) is 11.5 Å². The summed E-state index contributed by atoms with van der Waals surface area (Å²) in [6.07, 6.45) is 4.56.